The molecule has 0 aliphatic heterocycles. The minimum atomic E-state index is 0. The van der Waals surface area contributed by atoms with E-state index in [2.05, 4.69) is 13.8 Å². The van der Waals surface area contributed by atoms with Gasteiger partial charge in [0.05, 0.1) is 0 Å². The Kier molecular flexibility index (Phi) is 29.6. The molecule has 0 rings (SSSR count). The molecule has 0 amide bonds. The van der Waals surface area contributed by atoms with Gasteiger partial charge in [0.2, 0.25) is 0 Å². The molecule has 0 aromatic heterocycles. The summed E-state index contributed by atoms with van der Waals surface area (Å²) in [6.07, 6.45) is 15.4. The predicted octanol–water partition coefficient (Wildman–Crippen LogP) is 1.75. The van der Waals surface area contributed by atoms with E-state index in [1.807, 2.05) is 0 Å². The van der Waals surface area contributed by atoms with Crippen molar-refractivity contribution in [2.45, 2.75) is 77.6 Å². The Balaban J connectivity index is -0.000000720. The molecule has 0 aliphatic carbocycles. The minimum Gasteiger partial charge on any atom is -1.00 e. The first-order chi connectivity index (χ1) is 6.41. The Morgan fingerprint density at radius 2 is 1.00 bits per heavy atom. The van der Waals surface area contributed by atoms with Crippen LogP contribution in [-0.4, -0.2) is 23.1 Å². The fourth-order valence-electron chi connectivity index (χ4n) is 1.66. The second kappa shape index (κ2) is 20.6. The van der Waals surface area contributed by atoms with Crippen molar-refractivity contribution in [1.29, 1.82) is 0 Å². The van der Waals surface area contributed by atoms with Gasteiger partial charge in [-0.25, -0.2) is 0 Å². The first kappa shape index (κ1) is 21.5. The van der Waals surface area contributed by atoms with E-state index < -0.39 is 0 Å². The van der Waals surface area contributed by atoms with E-state index >= 15 is 0 Å². The third-order valence-electron chi connectivity index (χ3n) is 2.60. The summed E-state index contributed by atoms with van der Waals surface area (Å²) in [5.41, 5.74) is 0. The number of hydrogen-bond acceptors (Lipinski definition) is 0. The van der Waals surface area contributed by atoms with Crippen LogP contribution in [-0.2, 0) is 0 Å². The molecular weight excluding hydrogens is 260 g/mol. The van der Waals surface area contributed by atoms with E-state index in [4.69, 9.17) is 0 Å². The SMILES string of the molecule is [Br-].[CH2-]CCCCCCCCCCCC.[Mg+2]. The molecule has 0 spiro atoms. The molecule has 15 heavy (non-hydrogen) atoms. The van der Waals surface area contributed by atoms with Crippen molar-refractivity contribution in [3.63, 3.8) is 0 Å². The van der Waals surface area contributed by atoms with Crippen molar-refractivity contribution in [3.05, 3.63) is 6.92 Å². The summed E-state index contributed by atoms with van der Waals surface area (Å²) in [5, 5.41) is 0. The van der Waals surface area contributed by atoms with Gasteiger partial charge in [-0.15, -0.1) is 0 Å². The van der Waals surface area contributed by atoms with E-state index in [1.165, 1.54) is 64.2 Å². The van der Waals surface area contributed by atoms with Crippen LogP contribution in [0, 0.1) is 6.92 Å². The summed E-state index contributed by atoms with van der Waals surface area (Å²) in [6, 6.07) is 0. The molecule has 88 valence electrons. The molecule has 0 atom stereocenters. The minimum absolute atomic E-state index is 0. The van der Waals surface area contributed by atoms with Gasteiger partial charge in [-0.05, 0) is 0 Å². The topological polar surface area (TPSA) is 0 Å². The molecule has 0 fully saturated rings. The molecule has 0 N–H and O–H groups in total. The van der Waals surface area contributed by atoms with Crippen LogP contribution in [0.3, 0.4) is 0 Å². The summed E-state index contributed by atoms with van der Waals surface area (Å²) in [4.78, 5) is 0. The van der Waals surface area contributed by atoms with Crippen LogP contribution in [0.25, 0.3) is 0 Å². The van der Waals surface area contributed by atoms with Gasteiger partial charge in [0.15, 0.2) is 0 Å². The molecule has 0 saturated carbocycles. The second-order valence-corrected chi connectivity index (χ2v) is 4.04. The molecule has 2 heteroatoms. The second-order valence-electron chi connectivity index (χ2n) is 4.04. The fourth-order valence-corrected chi connectivity index (χ4v) is 1.66. The summed E-state index contributed by atoms with van der Waals surface area (Å²) in [7, 11) is 0. The Bertz CT molecular complexity index is 76.6. The fraction of sp³-hybridized carbons (Fsp3) is 0.923. The quantitative estimate of drug-likeness (QED) is 0.326. The van der Waals surface area contributed by atoms with Crippen LogP contribution in [0.15, 0.2) is 0 Å². The molecule has 0 aliphatic rings. The predicted molar refractivity (Wildman–Crippen MR) is 67.6 cm³/mol. The van der Waals surface area contributed by atoms with Gasteiger partial charge < -0.3 is 23.9 Å². The van der Waals surface area contributed by atoms with E-state index in [9.17, 15) is 0 Å². The number of rotatable bonds is 10. The molecule has 0 saturated heterocycles. The summed E-state index contributed by atoms with van der Waals surface area (Å²) in [6.45, 7) is 6.13. The van der Waals surface area contributed by atoms with Crippen LogP contribution in [0.2, 0.25) is 0 Å². The first-order valence-electron chi connectivity index (χ1n) is 6.21. The van der Waals surface area contributed by atoms with Crippen LogP contribution in [0.4, 0.5) is 0 Å². The number of unbranched alkanes of at least 4 members (excludes halogenated alkanes) is 10. The number of hydrogen-bond donors (Lipinski definition) is 0. The Labute approximate surface area is 124 Å². The third kappa shape index (κ3) is 21.2. The normalized spacial score (nSPS) is 9.20. The van der Waals surface area contributed by atoms with E-state index in [0.717, 1.165) is 6.42 Å². The maximum atomic E-state index is 3.85. The van der Waals surface area contributed by atoms with Gasteiger partial charge in [0, 0.05) is 0 Å². The molecular formula is C13H27BrMg. The Morgan fingerprint density at radius 1 is 0.667 bits per heavy atom. The molecule has 0 unspecified atom stereocenters. The van der Waals surface area contributed by atoms with Crippen LogP contribution in [0.1, 0.15) is 77.6 Å². The van der Waals surface area contributed by atoms with E-state index in [1.54, 1.807) is 0 Å². The van der Waals surface area contributed by atoms with Crippen LogP contribution < -0.4 is 17.0 Å². The van der Waals surface area contributed by atoms with Gasteiger partial charge in [-0.2, -0.15) is 6.42 Å². The van der Waals surface area contributed by atoms with Crippen molar-refractivity contribution in [1.82, 2.24) is 0 Å². The van der Waals surface area contributed by atoms with Gasteiger partial charge in [0.25, 0.3) is 0 Å². The monoisotopic (exact) mass is 286 g/mol. The third-order valence-corrected chi connectivity index (χ3v) is 2.60. The Hall–Kier alpha value is 1.25. The maximum Gasteiger partial charge on any atom is 2.00 e. The Morgan fingerprint density at radius 3 is 1.33 bits per heavy atom. The molecule has 0 aromatic carbocycles. The van der Waals surface area contributed by atoms with Crippen molar-refractivity contribution >= 4 is 23.1 Å². The van der Waals surface area contributed by atoms with Crippen molar-refractivity contribution in [2.24, 2.45) is 0 Å². The zero-order chi connectivity index (χ0) is 9.78. The standard InChI is InChI=1S/C13H27.BrH.Mg/c1-3-5-7-9-11-13-12-10-8-6-4-2;;/h1,3-13H2,2H3;1H;/q-1;;+2/p-1. The van der Waals surface area contributed by atoms with E-state index in [0.29, 0.717) is 0 Å². The van der Waals surface area contributed by atoms with Gasteiger partial charge in [-0.1, -0.05) is 71.1 Å². The van der Waals surface area contributed by atoms with E-state index in [-0.39, 0.29) is 40.0 Å². The van der Waals surface area contributed by atoms with Gasteiger partial charge >= 0.3 is 23.1 Å². The largest absolute Gasteiger partial charge is 2.00 e. The average Bonchev–Trinajstić information content (AvgIpc) is 2.16. The molecule has 0 heterocycles. The molecule has 0 radical (unpaired) electrons. The van der Waals surface area contributed by atoms with Gasteiger partial charge in [-0.3, -0.25) is 0 Å². The summed E-state index contributed by atoms with van der Waals surface area (Å²) < 4.78 is 0. The van der Waals surface area contributed by atoms with Crippen molar-refractivity contribution < 1.29 is 17.0 Å². The zero-order valence-corrected chi connectivity index (χ0v) is 13.6. The smallest absolute Gasteiger partial charge is 1.00 e. The van der Waals surface area contributed by atoms with Gasteiger partial charge in [0.1, 0.15) is 0 Å². The molecule has 0 nitrogen and oxygen atoms in total. The molecule has 0 aromatic rings. The maximum absolute atomic E-state index is 3.85. The zero-order valence-electron chi connectivity index (χ0n) is 10.6. The van der Waals surface area contributed by atoms with Crippen molar-refractivity contribution in [2.75, 3.05) is 0 Å². The molecule has 0 bridgehead atoms. The van der Waals surface area contributed by atoms with Crippen LogP contribution >= 0.6 is 0 Å². The average molecular weight is 288 g/mol. The van der Waals surface area contributed by atoms with Crippen LogP contribution in [0.5, 0.6) is 0 Å². The number of halogens is 1. The first-order valence-corrected chi connectivity index (χ1v) is 6.21. The van der Waals surface area contributed by atoms with Crippen molar-refractivity contribution in [3.8, 4) is 0 Å². The summed E-state index contributed by atoms with van der Waals surface area (Å²) in [5.74, 6) is 0. The summed E-state index contributed by atoms with van der Waals surface area (Å²) >= 11 is 0.